The Morgan fingerprint density at radius 1 is 1.11 bits per heavy atom. The lowest BCUT2D eigenvalue weighted by atomic mass is 9.55. The van der Waals surface area contributed by atoms with Crippen molar-refractivity contribution in [3.63, 3.8) is 0 Å². The fourth-order valence-corrected chi connectivity index (χ4v) is 6.21. The Morgan fingerprint density at radius 2 is 1.86 bits per heavy atom. The van der Waals surface area contributed by atoms with E-state index in [4.69, 9.17) is 9.47 Å². The van der Waals surface area contributed by atoms with Gasteiger partial charge < -0.3 is 19.7 Å². The average molecular weight is 388 g/mol. The molecule has 3 aliphatic carbocycles. The Balaban J connectivity index is 1.65. The van der Waals surface area contributed by atoms with E-state index in [2.05, 4.69) is 0 Å². The number of carbonyl (C=O) groups is 2. The van der Waals surface area contributed by atoms with Crippen molar-refractivity contribution in [1.82, 2.24) is 0 Å². The van der Waals surface area contributed by atoms with Crippen LogP contribution in [0.4, 0.5) is 0 Å². The fourth-order valence-electron chi connectivity index (χ4n) is 6.21. The highest BCUT2D eigenvalue weighted by Crippen LogP contribution is 2.61. The van der Waals surface area contributed by atoms with Gasteiger partial charge in [0.1, 0.15) is 18.0 Å². The van der Waals surface area contributed by atoms with Gasteiger partial charge in [-0.15, -0.1) is 0 Å². The first-order valence-corrected chi connectivity index (χ1v) is 10.1. The zero-order chi connectivity index (χ0) is 20.2. The number of esters is 2. The van der Waals surface area contributed by atoms with Crippen LogP contribution in [0.25, 0.3) is 0 Å². The number of carbonyl (C=O) groups excluding carboxylic acids is 2. The zero-order valence-corrected chi connectivity index (χ0v) is 16.6. The van der Waals surface area contributed by atoms with Gasteiger partial charge in [0, 0.05) is 19.3 Å². The summed E-state index contributed by atoms with van der Waals surface area (Å²) in [4.78, 5) is 22.8. The SMILES string of the molecule is CC(=O)Oc1ccc2c(c1)CC[C@@H]1[C@@H]2CC[C@]2(C)[C@@H](OC(C)=O)C(O)C(O)[C@@H]12. The highest BCUT2D eigenvalue weighted by molar-refractivity contribution is 5.69. The summed E-state index contributed by atoms with van der Waals surface area (Å²) in [6, 6.07) is 5.81. The molecule has 2 fully saturated rings. The van der Waals surface area contributed by atoms with Crippen LogP contribution in [0.2, 0.25) is 0 Å². The smallest absolute Gasteiger partial charge is 0.308 e. The van der Waals surface area contributed by atoms with E-state index in [1.807, 2.05) is 25.1 Å². The molecule has 3 aliphatic rings. The number of ether oxygens (including phenoxy) is 2. The largest absolute Gasteiger partial charge is 0.459 e. The fraction of sp³-hybridized carbons (Fsp3) is 0.636. The number of fused-ring (bicyclic) bond motifs is 5. The van der Waals surface area contributed by atoms with E-state index in [1.54, 1.807) is 0 Å². The van der Waals surface area contributed by atoms with Crippen LogP contribution < -0.4 is 4.74 Å². The molecule has 6 heteroatoms. The van der Waals surface area contributed by atoms with Gasteiger partial charge in [-0.3, -0.25) is 9.59 Å². The molecule has 2 N–H and O–H groups in total. The monoisotopic (exact) mass is 388 g/mol. The maximum atomic E-state index is 11.6. The molecule has 0 spiro atoms. The Morgan fingerprint density at radius 3 is 2.54 bits per heavy atom. The second-order valence-electron chi connectivity index (χ2n) is 8.84. The summed E-state index contributed by atoms with van der Waals surface area (Å²) in [5.74, 6) is 0.194. The number of hydrogen-bond acceptors (Lipinski definition) is 6. The topological polar surface area (TPSA) is 93.1 Å². The third kappa shape index (κ3) is 2.94. The van der Waals surface area contributed by atoms with E-state index in [9.17, 15) is 19.8 Å². The van der Waals surface area contributed by atoms with Gasteiger partial charge >= 0.3 is 11.9 Å². The van der Waals surface area contributed by atoms with E-state index in [1.165, 1.54) is 25.0 Å². The summed E-state index contributed by atoms with van der Waals surface area (Å²) in [6.45, 7) is 4.78. The van der Waals surface area contributed by atoms with E-state index < -0.39 is 29.7 Å². The third-order valence-corrected chi connectivity index (χ3v) is 7.23. The van der Waals surface area contributed by atoms with Crippen molar-refractivity contribution in [2.45, 2.75) is 70.7 Å². The molecule has 0 aliphatic heterocycles. The van der Waals surface area contributed by atoms with Gasteiger partial charge in [-0.05, 0) is 66.7 Å². The van der Waals surface area contributed by atoms with Crippen molar-refractivity contribution < 1.29 is 29.3 Å². The molecule has 0 aromatic heterocycles. The molecule has 1 aromatic carbocycles. The van der Waals surface area contributed by atoms with Crippen LogP contribution in [-0.4, -0.2) is 40.5 Å². The number of rotatable bonds is 2. The van der Waals surface area contributed by atoms with Crippen molar-refractivity contribution in [1.29, 1.82) is 0 Å². The number of aryl methyl sites for hydroxylation is 1. The minimum Gasteiger partial charge on any atom is -0.459 e. The molecule has 1 aromatic rings. The van der Waals surface area contributed by atoms with Crippen LogP contribution >= 0.6 is 0 Å². The molecule has 2 unspecified atom stereocenters. The molecule has 152 valence electrons. The van der Waals surface area contributed by atoms with Gasteiger partial charge in [0.2, 0.25) is 0 Å². The predicted octanol–water partition coefficient (Wildman–Crippen LogP) is 2.34. The van der Waals surface area contributed by atoms with E-state index in [-0.39, 0.29) is 23.7 Å². The first-order valence-electron chi connectivity index (χ1n) is 10.1. The summed E-state index contributed by atoms with van der Waals surface area (Å²) in [5.41, 5.74) is 2.00. The predicted molar refractivity (Wildman–Crippen MR) is 101 cm³/mol. The summed E-state index contributed by atoms with van der Waals surface area (Å²) in [6.07, 6.45) is 0.787. The van der Waals surface area contributed by atoms with Crippen LogP contribution in [0.5, 0.6) is 5.75 Å². The maximum Gasteiger partial charge on any atom is 0.308 e. The highest BCUT2D eigenvalue weighted by atomic mass is 16.6. The van der Waals surface area contributed by atoms with Crippen LogP contribution in [0.3, 0.4) is 0 Å². The molecule has 0 bridgehead atoms. The Bertz CT molecular complexity index is 804. The summed E-state index contributed by atoms with van der Waals surface area (Å²) in [7, 11) is 0. The minimum atomic E-state index is -1.05. The Kier molecular flexibility index (Phi) is 4.74. The zero-order valence-electron chi connectivity index (χ0n) is 16.6. The van der Waals surface area contributed by atoms with Gasteiger partial charge in [0.25, 0.3) is 0 Å². The van der Waals surface area contributed by atoms with E-state index in [0.717, 1.165) is 25.7 Å². The molecule has 7 atom stereocenters. The molecule has 0 heterocycles. The van der Waals surface area contributed by atoms with E-state index >= 15 is 0 Å². The molecule has 4 rings (SSSR count). The number of aliphatic hydroxyl groups is 2. The van der Waals surface area contributed by atoms with Gasteiger partial charge in [0.05, 0.1) is 6.10 Å². The van der Waals surface area contributed by atoms with Crippen LogP contribution in [-0.2, 0) is 20.7 Å². The lowest BCUT2D eigenvalue weighted by molar-refractivity contribution is -0.161. The highest BCUT2D eigenvalue weighted by Gasteiger charge is 2.64. The van der Waals surface area contributed by atoms with Crippen LogP contribution in [0.1, 0.15) is 57.1 Å². The molecule has 28 heavy (non-hydrogen) atoms. The van der Waals surface area contributed by atoms with Crippen molar-refractivity contribution in [2.75, 3.05) is 0 Å². The van der Waals surface area contributed by atoms with Crippen LogP contribution in [0.15, 0.2) is 18.2 Å². The first kappa shape index (κ1) is 19.4. The third-order valence-electron chi connectivity index (χ3n) is 7.23. The summed E-state index contributed by atoms with van der Waals surface area (Å²) < 4.78 is 10.7. The molecular formula is C22H28O6. The normalized spacial score (nSPS) is 38.8. The summed E-state index contributed by atoms with van der Waals surface area (Å²) >= 11 is 0. The molecule has 0 saturated heterocycles. The minimum absolute atomic E-state index is 0.119. The van der Waals surface area contributed by atoms with Crippen molar-refractivity contribution in [3.8, 4) is 5.75 Å². The Labute approximate surface area is 164 Å². The number of aliphatic hydroxyl groups excluding tert-OH is 2. The molecular weight excluding hydrogens is 360 g/mol. The summed E-state index contributed by atoms with van der Waals surface area (Å²) in [5, 5.41) is 21.5. The van der Waals surface area contributed by atoms with Crippen molar-refractivity contribution in [3.05, 3.63) is 29.3 Å². The molecule has 0 radical (unpaired) electrons. The number of benzene rings is 1. The maximum absolute atomic E-state index is 11.6. The van der Waals surface area contributed by atoms with Crippen LogP contribution in [0, 0.1) is 17.3 Å². The standard InChI is InChI=1S/C22H28O6/c1-11(23)27-14-5-7-15-13(10-14)4-6-17-16(15)8-9-22(3)18(17)19(25)20(26)21(22)28-12(2)24/h5,7,10,16-21,25-26H,4,6,8-9H2,1-3H3/t16-,17-,18-,19?,20?,21+,22+/m1/s1. The number of hydrogen-bond donors (Lipinski definition) is 2. The van der Waals surface area contributed by atoms with Crippen molar-refractivity contribution >= 4 is 11.9 Å². The molecule has 6 nitrogen and oxygen atoms in total. The second-order valence-corrected chi connectivity index (χ2v) is 8.84. The second kappa shape index (κ2) is 6.85. The van der Waals surface area contributed by atoms with E-state index in [0.29, 0.717) is 5.75 Å². The first-order chi connectivity index (χ1) is 13.2. The lowest BCUT2D eigenvalue weighted by Crippen LogP contribution is -2.47. The quantitative estimate of drug-likeness (QED) is 0.597. The van der Waals surface area contributed by atoms with Gasteiger partial charge in [-0.2, -0.15) is 0 Å². The van der Waals surface area contributed by atoms with Crippen molar-refractivity contribution in [2.24, 2.45) is 17.3 Å². The lowest BCUT2D eigenvalue weighted by Gasteiger charge is -2.50. The van der Waals surface area contributed by atoms with Gasteiger partial charge in [-0.25, -0.2) is 0 Å². The van der Waals surface area contributed by atoms with Gasteiger partial charge in [-0.1, -0.05) is 13.0 Å². The van der Waals surface area contributed by atoms with Gasteiger partial charge in [0.15, 0.2) is 0 Å². The molecule has 2 saturated carbocycles. The average Bonchev–Trinajstić information content (AvgIpc) is 2.81. The Hall–Kier alpha value is -1.92. The molecule has 0 amide bonds.